The largest absolute Gasteiger partial charge is 0.376 e. The highest BCUT2D eigenvalue weighted by Gasteiger charge is 2.54. The van der Waals surface area contributed by atoms with Gasteiger partial charge in [0.2, 0.25) is 0 Å². The van der Waals surface area contributed by atoms with Crippen molar-refractivity contribution in [3.8, 4) is 0 Å². The van der Waals surface area contributed by atoms with Crippen molar-refractivity contribution in [3.05, 3.63) is 30.3 Å². The number of hydrogen-bond acceptors (Lipinski definition) is 5. The standard InChI is InChI=1S/C16H22O4S/c1-10-12(17-4)13-14(20-16(2,3)19-13)15(18-10)21-11-8-6-5-7-9-11/h5-10,12-15H,1-4H3/t10?,12-,13?,14-,15-/m0/s1. The molecular weight excluding hydrogens is 288 g/mol. The molecule has 0 saturated carbocycles. The number of ether oxygens (including phenoxy) is 4. The average Bonchev–Trinajstić information content (AvgIpc) is 2.76. The Kier molecular flexibility index (Phi) is 4.30. The molecule has 116 valence electrons. The van der Waals surface area contributed by atoms with E-state index in [9.17, 15) is 0 Å². The van der Waals surface area contributed by atoms with Gasteiger partial charge in [-0.3, -0.25) is 0 Å². The summed E-state index contributed by atoms with van der Waals surface area (Å²) in [7, 11) is 1.70. The minimum absolute atomic E-state index is 0.0324. The van der Waals surface area contributed by atoms with Crippen molar-refractivity contribution in [1.82, 2.24) is 0 Å². The van der Waals surface area contributed by atoms with Crippen LogP contribution in [0.1, 0.15) is 20.8 Å². The minimum atomic E-state index is -0.602. The molecule has 3 rings (SSSR count). The lowest BCUT2D eigenvalue weighted by molar-refractivity contribution is -0.169. The van der Waals surface area contributed by atoms with E-state index in [1.54, 1.807) is 18.9 Å². The highest BCUT2D eigenvalue weighted by molar-refractivity contribution is 7.99. The highest BCUT2D eigenvalue weighted by Crippen LogP contribution is 2.43. The fraction of sp³-hybridized carbons (Fsp3) is 0.625. The second-order valence-electron chi connectivity index (χ2n) is 5.91. The monoisotopic (exact) mass is 310 g/mol. The molecule has 5 heteroatoms. The Balaban J connectivity index is 1.81. The quantitative estimate of drug-likeness (QED) is 0.857. The van der Waals surface area contributed by atoms with Gasteiger partial charge in [0.1, 0.15) is 23.7 Å². The molecule has 0 radical (unpaired) electrons. The zero-order chi connectivity index (χ0) is 15.0. The zero-order valence-electron chi connectivity index (χ0n) is 12.8. The Morgan fingerprint density at radius 3 is 2.43 bits per heavy atom. The SMILES string of the molecule is CO[C@H]1C(C)O[C@@H](Sc2ccccc2)[C@H]2OC(C)(C)OC12. The van der Waals surface area contributed by atoms with Crippen LogP contribution in [0.4, 0.5) is 0 Å². The van der Waals surface area contributed by atoms with Crippen molar-refractivity contribution in [2.75, 3.05) is 7.11 Å². The minimum Gasteiger partial charge on any atom is -0.376 e. The van der Waals surface area contributed by atoms with Gasteiger partial charge >= 0.3 is 0 Å². The predicted molar refractivity (Wildman–Crippen MR) is 81.3 cm³/mol. The van der Waals surface area contributed by atoms with Crippen molar-refractivity contribution in [1.29, 1.82) is 0 Å². The third-order valence-electron chi connectivity index (χ3n) is 3.83. The van der Waals surface area contributed by atoms with Gasteiger partial charge in [-0.05, 0) is 32.9 Å². The molecule has 5 atom stereocenters. The van der Waals surface area contributed by atoms with Crippen LogP contribution in [0.5, 0.6) is 0 Å². The smallest absolute Gasteiger partial charge is 0.164 e. The van der Waals surface area contributed by atoms with Crippen LogP contribution in [0.25, 0.3) is 0 Å². The summed E-state index contributed by atoms with van der Waals surface area (Å²) in [4.78, 5) is 1.16. The lowest BCUT2D eigenvalue weighted by Crippen LogP contribution is -2.54. The van der Waals surface area contributed by atoms with E-state index in [1.165, 1.54) is 0 Å². The summed E-state index contributed by atoms with van der Waals surface area (Å²) in [6.45, 7) is 5.90. The Bertz CT molecular complexity index is 478. The van der Waals surface area contributed by atoms with E-state index in [1.807, 2.05) is 39.0 Å². The lowest BCUT2D eigenvalue weighted by Gasteiger charge is -2.40. The first-order chi connectivity index (χ1) is 10.00. The Labute approximate surface area is 130 Å². The average molecular weight is 310 g/mol. The van der Waals surface area contributed by atoms with Crippen LogP contribution in [-0.2, 0) is 18.9 Å². The zero-order valence-corrected chi connectivity index (χ0v) is 13.6. The summed E-state index contributed by atoms with van der Waals surface area (Å²) < 4.78 is 23.8. The van der Waals surface area contributed by atoms with Gasteiger partial charge in [0.15, 0.2) is 5.79 Å². The molecule has 2 fully saturated rings. The molecule has 0 aromatic heterocycles. The van der Waals surface area contributed by atoms with Gasteiger partial charge in [-0.2, -0.15) is 0 Å². The van der Waals surface area contributed by atoms with Crippen LogP contribution in [0.3, 0.4) is 0 Å². The number of rotatable bonds is 3. The second-order valence-corrected chi connectivity index (χ2v) is 7.08. The number of fused-ring (bicyclic) bond motifs is 1. The van der Waals surface area contributed by atoms with Crippen LogP contribution < -0.4 is 0 Å². The van der Waals surface area contributed by atoms with Crippen molar-refractivity contribution in [2.45, 2.75) is 61.3 Å². The van der Waals surface area contributed by atoms with Crippen molar-refractivity contribution in [2.24, 2.45) is 0 Å². The van der Waals surface area contributed by atoms with Crippen molar-refractivity contribution < 1.29 is 18.9 Å². The van der Waals surface area contributed by atoms with Crippen LogP contribution in [0.15, 0.2) is 35.2 Å². The summed E-state index contributed by atoms with van der Waals surface area (Å²) in [6, 6.07) is 10.2. The van der Waals surface area contributed by atoms with Gasteiger partial charge < -0.3 is 18.9 Å². The van der Waals surface area contributed by atoms with Gasteiger partial charge in [-0.15, -0.1) is 0 Å². The molecule has 2 heterocycles. The number of hydrogen-bond donors (Lipinski definition) is 0. The van der Waals surface area contributed by atoms with Gasteiger partial charge in [0.25, 0.3) is 0 Å². The summed E-state index contributed by atoms with van der Waals surface area (Å²) in [5.74, 6) is -0.602. The van der Waals surface area contributed by atoms with E-state index in [0.29, 0.717) is 0 Å². The topological polar surface area (TPSA) is 36.9 Å². The fourth-order valence-electron chi connectivity index (χ4n) is 2.97. The lowest BCUT2D eigenvalue weighted by atomic mass is 10.0. The summed E-state index contributed by atoms with van der Waals surface area (Å²) in [6.07, 6.45) is -0.374. The van der Waals surface area contributed by atoms with E-state index < -0.39 is 5.79 Å². The Hall–Kier alpha value is -0.590. The van der Waals surface area contributed by atoms with Gasteiger partial charge in [0.05, 0.1) is 6.10 Å². The first-order valence-corrected chi connectivity index (χ1v) is 8.14. The summed E-state index contributed by atoms with van der Waals surface area (Å²) in [5, 5.41) is 0. The Morgan fingerprint density at radius 2 is 1.76 bits per heavy atom. The number of methoxy groups -OCH3 is 1. The molecular formula is C16H22O4S. The second kappa shape index (κ2) is 5.89. The van der Waals surface area contributed by atoms with Gasteiger partial charge in [0, 0.05) is 12.0 Å². The van der Waals surface area contributed by atoms with Crippen LogP contribution >= 0.6 is 11.8 Å². The molecule has 2 saturated heterocycles. The molecule has 2 unspecified atom stereocenters. The molecule has 21 heavy (non-hydrogen) atoms. The first-order valence-electron chi connectivity index (χ1n) is 7.26. The van der Waals surface area contributed by atoms with Gasteiger partial charge in [-0.1, -0.05) is 30.0 Å². The van der Waals surface area contributed by atoms with Crippen molar-refractivity contribution in [3.63, 3.8) is 0 Å². The molecule has 2 aliphatic heterocycles. The third-order valence-corrected chi connectivity index (χ3v) is 4.99. The molecule has 2 aliphatic rings. The molecule has 1 aromatic carbocycles. The maximum Gasteiger partial charge on any atom is 0.164 e. The summed E-state index contributed by atoms with van der Waals surface area (Å²) >= 11 is 1.68. The Morgan fingerprint density at radius 1 is 1.10 bits per heavy atom. The van der Waals surface area contributed by atoms with Crippen molar-refractivity contribution >= 4 is 11.8 Å². The molecule has 0 aliphatic carbocycles. The predicted octanol–water partition coefficient (Wildman–Crippen LogP) is 3.06. The highest BCUT2D eigenvalue weighted by atomic mass is 32.2. The molecule has 1 aromatic rings. The molecule has 0 bridgehead atoms. The van der Waals surface area contributed by atoms with Crippen LogP contribution in [-0.4, -0.2) is 42.7 Å². The maximum atomic E-state index is 6.13. The molecule has 4 nitrogen and oxygen atoms in total. The summed E-state index contributed by atoms with van der Waals surface area (Å²) in [5.41, 5.74) is -0.0967. The van der Waals surface area contributed by atoms with E-state index in [-0.39, 0.29) is 29.9 Å². The number of thioether (sulfide) groups is 1. The molecule has 0 spiro atoms. The van der Waals surface area contributed by atoms with E-state index in [2.05, 4.69) is 12.1 Å². The normalized spacial score (nSPS) is 38.2. The van der Waals surface area contributed by atoms with Crippen LogP contribution in [0.2, 0.25) is 0 Å². The van der Waals surface area contributed by atoms with E-state index in [0.717, 1.165) is 4.90 Å². The molecule has 0 N–H and O–H groups in total. The van der Waals surface area contributed by atoms with E-state index >= 15 is 0 Å². The van der Waals surface area contributed by atoms with E-state index in [4.69, 9.17) is 18.9 Å². The first kappa shape index (κ1) is 15.3. The third kappa shape index (κ3) is 3.12. The van der Waals surface area contributed by atoms with Crippen LogP contribution in [0, 0.1) is 0 Å². The number of benzene rings is 1. The fourth-order valence-corrected chi connectivity index (χ4v) is 4.13. The maximum absolute atomic E-state index is 6.13. The molecule has 0 amide bonds. The van der Waals surface area contributed by atoms with Gasteiger partial charge in [-0.25, -0.2) is 0 Å².